The molecule has 0 saturated carbocycles. The first-order valence-electron chi connectivity index (χ1n) is 3.84. The fourth-order valence-electron chi connectivity index (χ4n) is 0.569. The lowest BCUT2D eigenvalue weighted by Gasteiger charge is -2.15. The van der Waals surface area contributed by atoms with Gasteiger partial charge in [-0.1, -0.05) is 42.4 Å². The molecule has 0 aliphatic carbocycles. The van der Waals surface area contributed by atoms with E-state index in [-0.39, 0.29) is 0 Å². The molecule has 0 amide bonds. The molecule has 0 bridgehead atoms. The van der Waals surface area contributed by atoms with Gasteiger partial charge in [-0.2, -0.15) is 0 Å². The zero-order valence-corrected chi connectivity index (χ0v) is 9.21. The summed E-state index contributed by atoms with van der Waals surface area (Å²) in [6.07, 6.45) is 3.69. The molecule has 0 N–H and O–H groups in total. The number of pyridine rings is 1. The Morgan fingerprint density at radius 3 is 2.58 bits per heavy atom. The molecule has 0 aliphatic heterocycles. The van der Waals surface area contributed by atoms with Gasteiger partial charge < -0.3 is 0 Å². The number of aromatic nitrogens is 1. The van der Waals surface area contributed by atoms with Crippen molar-refractivity contribution in [3.05, 3.63) is 24.5 Å². The fraction of sp³-hybridized carbons (Fsp3) is 0.444. The highest BCUT2D eigenvalue weighted by atomic mass is 33.1. The van der Waals surface area contributed by atoms with Gasteiger partial charge in [0.15, 0.2) is 0 Å². The molecule has 0 atom stereocenters. The highest BCUT2D eigenvalue weighted by Gasteiger charge is 2.11. The van der Waals surface area contributed by atoms with Gasteiger partial charge in [0.25, 0.3) is 0 Å². The van der Waals surface area contributed by atoms with Crippen molar-refractivity contribution >= 4 is 21.6 Å². The number of rotatable bonds is 2. The van der Waals surface area contributed by atoms with Gasteiger partial charge in [-0.15, -0.1) is 0 Å². The first kappa shape index (κ1) is 9.93. The summed E-state index contributed by atoms with van der Waals surface area (Å²) in [4.78, 5) is 5.27. The minimum Gasteiger partial charge on any atom is -0.264 e. The summed E-state index contributed by atoms with van der Waals surface area (Å²) in [5.41, 5.74) is 0. The molecule has 0 saturated heterocycles. The molecule has 1 rings (SSSR count). The van der Waals surface area contributed by atoms with Crippen molar-refractivity contribution in [2.75, 3.05) is 0 Å². The molecule has 1 aromatic rings. The van der Waals surface area contributed by atoms with E-state index in [1.165, 1.54) is 4.90 Å². The van der Waals surface area contributed by atoms with E-state index in [0.717, 1.165) is 0 Å². The molecular formula is C9H13NS2. The van der Waals surface area contributed by atoms with Gasteiger partial charge >= 0.3 is 0 Å². The lowest BCUT2D eigenvalue weighted by Crippen LogP contribution is -2.04. The zero-order chi connectivity index (χ0) is 9.03. The van der Waals surface area contributed by atoms with Crippen molar-refractivity contribution in [2.45, 2.75) is 30.4 Å². The van der Waals surface area contributed by atoms with Crippen molar-refractivity contribution in [3.8, 4) is 0 Å². The summed E-state index contributed by atoms with van der Waals surface area (Å²) < 4.78 is 0.306. The molecule has 3 heteroatoms. The molecule has 0 spiro atoms. The third-order valence-electron chi connectivity index (χ3n) is 1.02. The van der Waals surface area contributed by atoms with Crippen molar-refractivity contribution in [3.63, 3.8) is 0 Å². The third-order valence-corrected chi connectivity index (χ3v) is 4.37. The van der Waals surface area contributed by atoms with E-state index in [1.807, 2.05) is 23.1 Å². The second-order valence-electron chi connectivity index (χ2n) is 3.47. The Morgan fingerprint density at radius 1 is 1.33 bits per heavy atom. The lowest BCUT2D eigenvalue weighted by atomic mass is 10.3. The summed E-state index contributed by atoms with van der Waals surface area (Å²) in [6.45, 7) is 6.63. The average molecular weight is 199 g/mol. The first-order chi connectivity index (χ1) is 5.58. The second kappa shape index (κ2) is 4.19. The van der Waals surface area contributed by atoms with Crippen molar-refractivity contribution < 1.29 is 0 Å². The molecule has 1 nitrogen and oxygen atoms in total. The smallest absolute Gasteiger partial charge is 0.0412 e. The van der Waals surface area contributed by atoms with Crippen LogP contribution in [0.5, 0.6) is 0 Å². The van der Waals surface area contributed by atoms with E-state index in [1.54, 1.807) is 17.0 Å². The molecule has 66 valence electrons. The van der Waals surface area contributed by atoms with Crippen LogP contribution < -0.4 is 0 Å². The van der Waals surface area contributed by atoms with Crippen LogP contribution in [-0.2, 0) is 0 Å². The molecular weight excluding hydrogens is 186 g/mol. The predicted octanol–water partition coefficient (Wildman–Crippen LogP) is 3.62. The van der Waals surface area contributed by atoms with E-state index < -0.39 is 0 Å². The normalized spacial score (nSPS) is 11.6. The van der Waals surface area contributed by atoms with Gasteiger partial charge in [0.05, 0.1) is 0 Å². The van der Waals surface area contributed by atoms with Gasteiger partial charge in [-0.25, -0.2) is 0 Å². The van der Waals surface area contributed by atoms with Crippen LogP contribution in [0, 0.1) is 0 Å². The topological polar surface area (TPSA) is 12.9 Å². The summed E-state index contributed by atoms with van der Waals surface area (Å²) in [5.74, 6) is 0. The average Bonchev–Trinajstić information content (AvgIpc) is 2.02. The van der Waals surface area contributed by atoms with Gasteiger partial charge in [-0.3, -0.25) is 4.98 Å². The highest BCUT2D eigenvalue weighted by Crippen LogP contribution is 2.39. The van der Waals surface area contributed by atoms with Crippen LogP contribution in [0.25, 0.3) is 0 Å². The number of nitrogens with zero attached hydrogens (tertiary/aromatic N) is 1. The van der Waals surface area contributed by atoms with E-state index in [4.69, 9.17) is 0 Å². The Balaban J connectivity index is 2.44. The lowest BCUT2D eigenvalue weighted by molar-refractivity contribution is 0.810. The number of hydrogen-bond acceptors (Lipinski definition) is 3. The summed E-state index contributed by atoms with van der Waals surface area (Å²) in [5, 5.41) is 0. The second-order valence-corrected chi connectivity index (χ2v) is 6.50. The summed E-state index contributed by atoms with van der Waals surface area (Å²) in [7, 11) is 3.64. The molecule has 0 aliphatic rings. The zero-order valence-electron chi connectivity index (χ0n) is 7.57. The molecule has 0 fully saturated rings. The van der Waals surface area contributed by atoms with Crippen LogP contribution in [0.3, 0.4) is 0 Å². The van der Waals surface area contributed by atoms with Gasteiger partial charge in [0.1, 0.15) is 0 Å². The number of hydrogen-bond donors (Lipinski definition) is 0. The Morgan fingerprint density at radius 2 is 2.08 bits per heavy atom. The quantitative estimate of drug-likeness (QED) is 0.675. The third kappa shape index (κ3) is 4.02. The molecule has 0 aromatic carbocycles. The first-order valence-corrected chi connectivity index (χ1v) is 5.99. The predicted molar refractivity (Wildman–Crippen MR) is 57.4 cm³/mol. The summed E-state index contributed by atoms with van der Waals surface area (Å²) in [6, 6.07) is 4.04. The minimum atomic E-state index is 0.306. The van der Waals surface area contributed by atoms with Crippen LogP contribution in [0.15, 0.2) is 29.4 Å². The van der Waals surface area contributed by atoms with E-state index in [2.05, 4.69) is 31.8 Å². The van der Waals surface area contributed by atoms with Crippen molar-refractivity contribution in [1.82, 2.24) is 4.98 Å². The highest BCUT2D eigenvalue weighted by molar-refractivity contribution is 8.77. The fourth-order valence-corrected chi connectivity index (χ4v) is 2.49. The van der Waals surface area contributed by atoms with Crippen LogP contribution in [0.2, 0.25) is 0 Å². The molecule has 1 aromatic heterocycles. The van der Waals surface area contributed by atoms with Gasteiger partial charge in [0.2, 0.25) is 0 Å². The molecule has 0 unspecified atom stereocenters. The van der Waals surface area contributed by atoms with Gasteiger partial charge in [0, 0.05) is 22.0 Å². The largest absolute Gasteiger partial charge is 0.264 e. The summed E-state index contributed by atoms with van der Waals surface area (Å²) >= 11 is 0. The maximum Gasteiger partial charge on any atom is 0.0412 e. The standard InChI is InChI=1S/C9H13NS2/c1-9(2,3)12-11-8-5-4-6-10-7-8/h4-7H,1-3H3. The Hall–Kier alpha value is -0.150. The monoisotopic (exact) mass is 199 g/mol. The Labute approximate surface area is 81.8 Å². The van der Waals surface area contributed by atoms with Crippen LogP contribution in [0.4, 0.5) is 0 Å². The Bertz CT molecular complexity index is 228. The van der Waals surface area contributed by atoms with Crippen molar-refractivity contribution in [2.24, 2.45) is 0 Å². The van der Waals surface area contributed by atoms with Gasteiger partial charge in [-0.05, 0) is 12.1 Å². The Kier molecular flexibility index (Phi) is 3.47. The van der Waals surface area contributed by atoms with E-state index >= 15 is 0 Å². The molecule has 0 radical (unpaired) electrons. The van der Waals surface area contributed by atoms with Crippen molar-refractivity contribution in [1.29, 1.82) is 0 Å². The van der Waals surface area contributed by atoms with E-state index in [0.29, 0.717) is 4.75 Å². The van der Waals surface area contributed by atoms with Crippen LogP contribution in [-0.4, -0.2) is 9.73 Å². The SMILES string of the molecule is CC(C)(C)SSc1cccnc1. The maximum atomic E-state index is 4.05. The van der Waals surface area contributed by atoms with Crippen LogP contribution >= 0.6 is 21.6 Å². The molecule has 12 heavy (non-hydrogen) atoms. The maximum absolute atomic E-state index is 4.05. The molecule has 1 heterocycles. The van der Waals surface area contributed by atoms with Crippen LogP contribution in [0.1, 0.15) is 20.8 Å². The minimum absolute atomic E-state index is 0.306. The van der Waals surface area contributed by atoms with E-state index in [9.17, 15) is 0 Å².